The second-order valence-corrected chi connectivity index (χ2v) is 12.0. The highest BCUT2D eigenvalue weighted by Crippen LogP contribution is 2.45. The predicted molar refractivity (Wildman–Crippen MR) is 195 cm³/mol. The smallest absolute Gasteiger partial charge is 0.145 e. The molecule has 0 saturated carbocycles. The van der Waals surface area contributed by atoms with E-state index < -0.39 is 0 Å². The van der Waals surface area contributed by atoms with Crippen LogP contribution in [-0.2, 0) is 0 Å². The van der Waals surface area contributed by atoms with Crippen molar-refractivity contribution in [3.63, 3.8) is 0 Å². The zero-order valence-corrected chi connectivity index (χ0v) is 25.3. The van der Waals surface area contributed by atoms with Crippen LogP contribution in [0.1, 0.15) is 0 Å². The van der Waals surface area contributed by atoms with E-state index in [1.165, 1.54) is 38.1 Å². The van der Waals surface area contributed by atoms with E-state index in [0.29, 0.717) is 0 Å². The van der Waals surface area contributed by atoms with E-state index in [0.717, 1.165) is 55.3 Å². The van der Waals surface area contributed by atoms with Gasteiger partial charge in [0, 0.05) is 45.2 Å². The second kappa shape index (κ2) is 10.1. The Morgan fingerprint density at radius 2 is 1.04 bits per heavy atom. The molecule has 0 atom stereocenters. The molecule has 4 aromatic heterocycles. The fraction of sp³-hybridized carbons (Fsp3) is 0. The van der Waals surface area contributed by atoms with Crippen molar-refractivity contribution in [2.24, 2.45) is 0 Å². The first kappa shape index (κ1) is 25.9. The molecule has 10 rings (SSSR count). The Hall–Kier alpha value is -6.39. The number of nitrogens with zero attached hydrogens (tertiary/aromatic N) is 4. The molecule has 6 aromatic carbocycles. The Bertz CT molecular complexity index is 2790. The minimum absolute atomic E-state index is 0.923. The maximum atomic E-state index is 5.31. The van der Waals surface area contributed by atoms with Gasteiger partial charge in [0.15, 0.2) is 0 Å². The van der Waals surface area contributed by atoms with E-state index in [1.807, 2.05) is 24.5 Å². The lowest BCUT2D eigenvalue weighted by atomic mass is 9.87. The average Bonchev–Trinajstić information content (AvgIpc) is 3.47. The van der Waals surface area contributed by atoms with Gasteiger partial charge in [0.05, 0.1) is 22.2 Å². The van der Waals surface area contributed by atoms with Gasteiger partial charge in [-0.25, -0.2) is 9.97 Å². The van der Waals surface area contributed by atoms with Gasteiger partial charge in [-0.2, -0.15) is 0 Å². The molecule has 0 saturated heterocycles. The molecule has 10 aromatic rings. The summed E-state index contributed by atoms with van der Waals surface area (Å²) in [7, 11) is 0. The molecule has 4 heterocycles. The van der Waals surface area contributed by atoms with Gasteiger partial charge in [-0.1, -0.05) is 97.1 Å². The van der Waals surface area contributed by atoms with Crippen LogP contribution < -0.4 is 0 Å². The molecular formula is C43H26N4. The number of aromatic nitrogens is 4. The zero-order chi connectivity index (χ0) is 30.9. The van der Waals surface area contributed by atoms with Gasteiger partial charge in [0.1, 0.15) is 5.65 Å². The Kier molecular flexibility index (Phi) is 5.54. The first-order chi connectivity index (χ1) is 23.3. The molecule has 47 heavy (non-hydrogen) atoms. The van der Waals surface area contributed by atoms with Gasteiger partial charge in [0.25, 0.3) is 0 Å². The van der Waals surface area contributed by atoms with Crippen LogP contribution in [0.3, 0.4) is 0 Å². The molecule has 0 fully saturated rings. The van der Waals surface area contributed by atoms with Crippen molar-refractivity contribution in [3.05, 3.63) is 158 Å². The number of para-hydroxylation sites is 1. The van der Waals surface area contributed by atoms with Gasteiger partial charge in [0.2, 0.25) is 0 Å². The molecule has 0 amide bonds. The Morgan fingerprint density at radius 1 is 0.426 bits per heavy atom. The van der Waals surface area contributed by atoms with Crippen molar-refractivity contribution < 1.29 is 0 Å². The lowest BCUT2D eigenvalue weighted by Crippen LogP contribution is -1.95. The van der Waals surface area contributed by atoms with Gasteiger partial charge in [-0.15, -0.1) is 0 Å². The van der Waals surface area contributed by atoms with Crippen LogP contribution in [0.15, 0.2) is 158 Å². The molecule has 0 N–H and O–H groups in total. The molecular weight excluding hydrogens is 573 g/mol. The third-order valence-corrected chi connectivity index (χ3v) is 9.45. The summed E-state index contributed by atoms with van der Waals surface area (Å²) in [6.07, 6.45) is 3.72. The maximum Gasteiger partial charge on any atom is 0.145 e. The van der Waals surface area contributed by atoms with Crippen LogP contribution in [0.25, 0.3) is 93.4 Å². The lowest BCUT2D eigenvalue weighted by molar-refractivity contribution is 1.14. The summed E-state index contributed by atoms with van der Waals surface area (Å²) in [6, 6.07) is 51.7. The molecule has 0 bridgehead atoms. The van der Waals surface area contributed by atoms with Crippen LogP contribution in [-0.4, -0.2) is 19.5 Å². The highest BCUT2D eigenvalue weighted by atomic mass is 15.0. The topological polar surface area (TPSA) is 43.6 Å². The summed E-state index contributed by atoms with van der Waals surface area (Å²) in [5.41, 5.74) is 9.53. The number of benzene rings is 6. The van der Waals surface area contributed by atoms with Crippen LogP contribution in [0.4, 0.5) is 0 Å². The third kappa shape index (κ3) is 3.85. The molecule has 0 aliphatic rings. The summed E-state index contributed by atoms with van der Waals surface area (Å²) in [6.45, 7) is 0. The van der Waals surface area contributed by atoms with Gasteiger partial charge in [-0.3, -0.25) is 9.55 Å². The van der Waals surface area contributed by atoms with E-state index >= 15 is 0 Å². The van der Waals surface area contributed by atoms with Gasteiger partial charge < -0.3 is 0 Å². The van der Waals surface area contributed by atoms with Crippen molar-refractivity contribution in [1.29, 1.82) is 0 Å². The fourth-order valence-corrected chi connectivity index (χ4v) is 7.42. The molecule has 218 valence electrons. The van der Waals surface area contributed by atoms with Crippen molar-refractivity contribution in [2.45, 2.75) is 0 Å². The summed E-state index contributed by atoms with van der Waals surface area (Å²) >= 11 is 0. The first-order valence-electron chi connectivity index (χ1n) is 15.9. The van der Waals surface area contributed by atoms with Crippen molar-refractivity contribution >= 4 is 65.3 Å². The maximum absolute atomic E-state index is 5.31. The second-order valence-electron chi connectivity index (χ2n) is 12.0. The van der Waals surface area contributed by atoms with Crippen molar-refractivity contribution in [1.82, 2.24) is 19.5 Å². The lowest BCUT2D eigenvalue weighted by Gasteiger charge is -2.18. The molecule has 4 nitrogen and oxygen atoms in total. The minimum atomic E-state index is 0.923. The Labute approximate surface area is 270 Å². The van der Waals surface area contributed by atoms with Crippen molar-refractivity contribution in [3.8, 4) is 28.1 Å². The van der Waals surface area contributed by atoms with E-state index in [2.05, 4.69) is 138 Å². The molecule has 0 unspecified atom stereocenters. The standard InChI is InChI=1S/C43H26N4/c1-2-11-30(12-3-1)47-38-23-21-29(26-36(38)35-17-9-25-45-43(35)47)39-31-13-4-6-15-33(31)40(34-16-7-5-14-32(34)39)37-22-20-28-19-18-27-10-8-24-44-41(27)42(28)46-37/h1-26H. The number of hydrogen-bond donors (Lipinski definition) is 0. The van der Waals surface area contributed by atoms with Crippen molar-refractivity contribution in [2.75, 3.05) is 0 Å². The average molecular weight is 599 g/mol. The highest BCUT2D eigenvalue weighted by molar-refractivity contribution is 6.22. The molecule has 0 spiro atoms. The Balaban J connectivity index is 1.27. The largest absolute Gasteiger partial charge is 0.294 e. The molecule has 4 heteroatoms. The number of fused-ring (bicyclic) bond motifs is 8. The van der Waals surface area contributed by atoms with Crippen LogP contribution in [0.2, 0.25) is 0 Å². The predicted octanol–water partition coefficient (Wildman–Crippen LogP) is 10.9. The van der Waals surface area contributed by atoms with Crippen LogP contribution in [0.5, 0.6) is 0 Å². The number of hydrogen-bond acceptors (Lipinski definition) is 3. The summed E-state index contributed by atoms with van der Waals surface area (Å²) < 4.78 is 2.26. The van der Waals surface area contributed by atoms with Crippen LogP contribution >= 0.6 is 0 Å². The van der Waals surface area contributed by atoms with E-state index in [-0.39, 0.29) is 0 Å². The summed E-state index contributed by atoms with van der Waals surface area (Å²) in [5, 5.41) is 9.25. The SMILES string of the molecule is c1ccc(-n2c3ccc(-c4c5ccccc5c(-c5ccc6ccc7cccnc7c6n5)c5ccccc45)cc3c3cccnc32)cc1. The zero-order valence-electron chi connectivity index (χ0n) is 25.3. The van der Waals surface area contributed by atoms with E-state index in [9.17, 15) is 0 Å². The monoisotopic (exact) mass is 598 g/mol. The Morgan fingerprint density at radius 3 is 1.81 bits per heavy atom. The molecule has 0 aliphatic carbocycles. The fourth-order valence-electron chi connectivity index (χ4n) is 7.42. The summed E-state index contributed by atoms with van der Waals surface area (Å²) in [4.78, 5) is 14.9. The number of pyridine rings is 3. The van der Waals surface area contributed by atoms with Gasteiger partial charge >= 0.3 is 0 Å². The summed E-state index contributed by atoms with van der Waals surface area (Å²) in [5.74, 6) is 0. The first-order valence-corrected chi connectivity index (χ1v) is 15.9. The molecule has 0 radical (unpaired) electrons. The quantitative estimate of drug-likeness (QED) is 0.150. The van der Waals surface area contributed by atoms with E-state index in [4.69, 9.17) is 15.0 Å². The highest BCUT2D eigenvalue weighted by Gasteiger charge is 2.20. The van der Waals surface area contributed by atoms with E-state index in [1.54, 1.807) is 0 Å². The third-order valence-electron chi connectivity index (χ3n) is 9.45. The van der Waals surface area contributed by atoms with Gasteiger partial charge in [-0.05, 0) is 81.2 Å². The normalized spacial score (nSPS) is 11.8. The molecule has 0 aliphatic heterocycles. The minimum Gasteiger partial charge on any atom is -0.294 e. The van der Waals surface area contributed by atoms with Crippen LogP contribution in [0, 0.1) is 0 Å². The number of rotatable bonds is 3.